The maximum absolute atomic E-state index is 12.5. The van der Waals surface area contributed by atoms with Crippen LogP contribution in [0.3, 0.4) is 0 Å². The van der Waals surface area contributed by atoms with Gasteiger partial charge in [-0.3, -0.25) is 0 Å². The van der Waals surface area contributed by atoms with E-state index in [4.69, 9.17) is 0 Å². The topological polar surface area (TPSA) is 0 Å². The molecule has 0 aliphatic carbocycles. The van der Waals surface area contributed by atoms with Gasteiger partial charge in [-0.15, -0.1) is 0 Å². The summed E-state index contributed by atoms with van der Waals surface area (Å²) in [6.45, 7) is 4.14. The number of hydrogen-bond acceptors (Lipinski definition) is 0. The lowest BCUT2D eigenvalue weighted by Crippen LogP contribution is -2.04. The van der Waals surface area contributed by atoms with E-state index in [2.05, 4.69) is 38.5 Å². The highest BCUT2D eigenvalue weighted by Gasteiger charge is 2.29. The summed E-state index contributed by atoms with van der Waals surface area (Å²) in [6.07, 6.45) is -0.590. The van der Waals surface area contributed by atoms with Crippen molar-refractivity contribution in [2.45, 2.75) is 32.9 Å². The first-order valence-electron chi connectivity index (χ1n) is 6.93. The maximum Gasteiger partial charge on any atom is 0.416 e. The smallest absolute Gasteiger partial charge is 0.166 e. The minimum Gasteiger partial charge on any atom is -0.166 e. The first-order valence-corrected chi connectivity index (χ1v) is 6.93. The Labute approximate surface area is 123 Å². The molecular weight excluding hydrogens is 273 g/mol. The van der Waals surface area contributed by atoms with Crippen molar-refractivity contribution in [3.8, 4) is 0 Å². The molecule has 2 rings (SSSR count). The zero-order chi connectivity index (χ0) is 15.5. The second-order valence-corrected chi connectivity index (χ2v) is 5.28. The SMILES string of the molecule is Cc1ccc([CH]CCc2ccc(C(F)(F)F)cc2)cc1C. The number of hydrogen-bond donors (Lipinski definition) is 0. The van der Waals surface area contributed by atoms with Crippen molar-refractivity contribution in [2.75, 3.05) is 0 Å². The van der Waals surface area contributed by atoms with Crippen molar-refractivity contribution in [1.82, 2.24) is 0 Å². The van der Waals surface area contributed by atoms with Gasteiger partial charge in [-0.2, -0.15) is 13.2 Å². The van der Waals surface area contributed by atoms with Gasteiger partial charge in [0.2, 0.25) is 0 Å². The zero-order valence-electron chi connectivity index (χ0n) is 12.2. The van der Waals surface area contributed by atoms with E-state index in [0.29, 0.717) is 0 Å². The molecule has 0 atom stereocenters. The lowest BCUT2D eigenvalue weighted by atomic mass is 10.00. The number of aryl methyl sites for hydroxylation is 3. The fourth-order valence-electron chi connectivity index (χ4n) is 2.16. The summed E-state index contributed by atoms with van der Waals surface area (Å²) in [6, 6.07) is 11.7. The standard InChI is InChI=1S/C18H18F3/c1-13-6-7-16(12-14(13)2)5-3-4-15-8-10-17(11-9-15)18(19,20)21/h5-12H,3-4H2,1-2H3. The third-order valence-electron chi connectivity index (χ3n) is 3.63. The average Bonchev–Trinajstić information content (AvgIpc) is 2.42. The molecule has 0 aliphatic heterocycles. The Morgan fingerprint density at radius 1 is 0.905 bits per heavy atom. The molecule has 0 fully saturated rings. The van der Waals surface area contributed by atoms with E-state index >= 15 is 0 Å². The van der Waals surface area contributed by atoms with E-state index in [-0.39, 0.29) is 0 Å². The van der Waals surface area contributed by atoms with E-state index < -0.39 is 11.7 Å². The predicted octanol–water partition coefficient (Wildman–Crippen LogP) is 5.51. The monoisotopic (exact) mass is 291 g/mol. The van der Waals surface area contributed by atoms with Crippen LogP contribution in [0.2, 0.25) is 0 Å². The largest absolute Gasteiger partial charge is 0.416 e. The van der Waals surface area contributed by atoms with Gasteiger partial charge in [-0.25, -0.2) is 0 Å². The van der Waals surface area contributed by atoms with Crippen molar-refractivity contribution >= 4 is 0 Å². The van der Waals surface area contributed by atoms with Gasteiger partial charge in [0.25, 0.3) is 0 Å². The van der Waals surface area contributed by atoms with Gasteiger partial charge >= 0.3 is 6.18 Å². The minimum absolute atomic E-state index is 0.593. The van der Waals surface area contributed by atoms with Crippen LogP contribution in [0.4, 0.5) is 13.2 Å². The molecule has 0 nitrogen and oxygen atoms in total. The Hall–Kier alpha value is -1.77. The van der Waals surface area contributed by atoms with Crippen LogP contribution in [-0.2, 0) is 12.6 Å². The number of halogens is 3. The molecule has 0 saturated heterocycles. The molecule has 2 aromatic carbocycles. The lowest BCUT2D eigenvalue weighted by molar-refractivity contribution is -0.137. The number of alkyl halides is 3. The van der Waals surface area contributed by atoms with Crippen LogP contribution >= 0.6 is 0 Å². The third kappa shape index (κ3) is 4.35. The Bertz CT molecular complexity index is 595. The summed E-state index contributed by atoms with van der Waals surface area (Å²) in [4.78, 5) is 0. The van der Waals surface area contributed by atoms with Crippen molar-refractivity contribution in [3.05, 3.63) is 76.7 Å². The first kappa shape index (κ1) is 15.6. The molecule has 0 bridgehead atoms. The van der Waals surface area contributed by atoms with Crippen LogP contribution in [0.25, 0.3) is 0 Å². The molecule has 0 saturated carbocycles. The highest BCUT2D eigenvalue weighted by atomic mass is 19.4. The zero-order valence-corrected chi connectivity index (χ0v) is 12.2. The molecule has 0 heterocycles. The van der Waals surface area contributed by atoms with Crippen LogP contribution in [0.15, 0.2) is 42.5 Å². The van der Waals surface area contributed by atoms with Crippen LogP contribution in [0, 0.1) is 20.3 Å². The normalized spacial score (nSPS) is 11.7. The predicted molar refractivity (Wildman–Crippen MR) is 79.1 cm³/mol. The van der Waals surface area contributed by atoms with Gasteiger partial charge in [-0.1, -0.05) is 30.3 Å². The number of rotatable bonds is 4. The number of benzene rings is 2. The highest BCUT2D eigenvalue weighted by Crippen LogP contribution is 2.29. The summed E-state index contributed by atoms with van der Waals surface area (Å²) in [7, 11) is 0. The molecule has 0 spiro atoms. The molecule has 0 aromatic heterocycles. The Kier molecular flexibility index (Phi) is 4.71. The summed E-state index contributed by atoms with van der Waals surface area (Å²) in [5.74, 6) is 0. The van der Waals surface area contributed by atoms with Gasteiger partial charge in [-0.05, 0) is 67.5 Å². The highest BCUT2D eigenvalue weighted by molar-refractivity contribution is 5.34. The van der Waals surface area contributed by atoms with Crippen LogP contribution in [0.5, 0.6) is 0 Å². The van der Waals surface area contributed by atoms with Crippen LogP contribution in [-0.4, -0.2) is 0 Å². The summed E-state index contributed by atoms with van der Waals surface area (Å²) in [5.41, 5.74) is 3.99. The molecule has 3 heteroatoms. The van der Waals surface area contributed by atoms with Crippen molar-refractivity contribution in [1.29, 1.82) is 0 Å². The van der Waals surface area contributed by atoms with Gasteiger partial charge in [0.1, 0.15) is 0 Å². The third-order valence-corrected chi connectivity index (χ3v) is 3.63. The molecule has 2 aromatic rings. The minimum atomic E-state index is -4.26. The molecule has 0 amide bonds. The van der Waals surface area contributed by atoms with Gasteiger partial charge < -0.3 is 0 Å². The molecule has 0 aliphatic rings. The van der Waals surface area contributed by atoms with E-state index in [1.165, 1.54) is 11.1 Å². The molecule has 1 radical (unpaired) electrons. The van der Waals surface area contributed by atoms with Gasteiger partial charge in [0, 0.05) is 0 Å². The average molecular weight is 291 g/mol. The van der Waals surface area contributed by atoms with Gasteiger partial charge in [0.15, 0.2) is 0 Å². The van der Waals surface area contributed by atoms with E-state index in [9.17, 15) is 13.2 Å². The Morgan fingerprint density at radius 2 is 1.57 bits per heavy atom. The second-order valence-electron chi connectivity index (χ2n) is 5.28. The van der Waals surface area contributed by atoms with Crippen molar-refractivity contribution in [3.63, 3.8) is 0 Å². The fourth-order valence-corrected chi connectivity index (χ4v) is 2.16. The fraction of sp³-hybridized carbons (Fsp3) is 0.278. The van der Waals surface area contributed by atoms with Crippen molar-refractivity contribution < 1.29 is 13.2 Å². The Balaban J connectivity index is 1.90. The molecular formula is C18H18F3. The summed E-state index contributed by atoms with van der Waals surface area (Å²) < 4.78 is 37.4. The molecule has 21 heavy (non-hydrogen) atoms. The van der Waals surface area contributed by atoms with E-state index in [1.807, 2.05) is 0 Å². The van der Waals surface area contributed by atoms with E-state index in [0.717, 1.165) is 36.1 Å². The lowest BCUT2D eigenvalue weighted by Gasteiger charge is -2.08. The first-order chi connectivity index (χ1) is 9.86. The maximum atomic E-state index is 12.5. The molecule has 111 valence electrons. The Morgan fingerprint density at radius 3 is 2.14 bits per heavy atom. The van der Waals surface area contributed by atoms with Gasteiger partial charge in [0.05, 0.1) is 5.56 Å². The van der Waals surface area contributed by atoms with Crippen molar-refractivity contribution in [2.24, 2.45) is 0 Å². The van der Waals surface area contributed by atoms with E-state index in [1.54, 1.807) is 12.1 Å². The quantitative estimate of drug-likeness (QED) is 0.697. The van der Waals surface area contributed by atoms with Crippen LogP contribution in [0.1, 0.15) is 34.2 Å². The van der Waals surface area contributed by atoms with Crippen LogP contribution < -0.4 is 0 Å². The molecule has 0 N–H and O–H groups in total. The second kappa shape index (κ2) is 6.33. The summed E-state index contributed by atoms with van der Waals surface area (Å²) in [5, 5.41) is 0. The summed E-state index contributed by atoms with van der Waals surface area (Å²) >= 11 is 0. The molecule has 0 unspecified atom stereocenters.